The second kappa shape index (κ2) is 16.1. The second-order valence-corrected chi connectivity index (χ2v) is 17.5. The van der Waals surface area contributed by atoms with Crippen LogP contribution in [-0.2, 0) is 31.2 Å². The summed E-state index contributed by atoms with van der Waals surface area (Å²) in [7, 11) is -8.53. The molecule has 1 aliphatic carbocycles. The number of halogens is 2. The van der Waals surface area contributed by atoms with E-state index in [9.17, 15) is 25.9 Å². The number of anilines is 1. The van der Waals surface area contributed by atoms with Crippen molar-refractivity contribution in [1.29, 1.82) is 0 Å². The Bertz CT molecular complexity index is 2160. The molecule has 5 rings (SSSR count). The molecule has 0 spiro atoms. The van der Waals surface area contributed by atoms with Gasteiger partial charge in [0.15, 0.2) is 0 Å². The third-order valence-electron chi connectivity index (χ3n) is 7.87. The average molecular weight is 876 g/mol. The van der Waals surface area contributed by atoms with E-state index in [1.807, 2.05) is 31.2 Å². The molecule has 0 amide bonds. The predicted octanol–water partition coefficient (Wildman–Crippen LogP) is 4.57. The van der Waals surface area contributed by atoms with Gasteiger partial charge in [-0.3, -0.25) is 4.55 Å². The van der Waals surface area contributed by atoms with Gasteiger partial charge in [0.05, 0.1) is 4.90 Å². The molecule has 0 atom stereocenters. The molecule has 8 nitrogen and oxygen atoms in total. The Morgan fingerprint density at radius 2 is 1.27 bits per heavy atom. The molecule has 4 aromatic carbocycles. The Morgan fingerprint density at radius 3 is 1.80 bits per heavy atom. The van der Waals surface area contributed by atoms with Gasteiger partial charge in [0.2, 0.25) is 0 Å². The van der Waals surface area contributed by atoms with Crippen molar-refractivity contribution in [2.45, 2.75) is 34.6 Å². The van der Waals surface area contributed by atoms with Gasteiger partial charge in [-0.15, -0.1) is 0 Å². The van der Waals surface area contributed by atoms with E-state index in [1.54, 1.807) is 12.1 Å². The van der Waals surface area contributed by atoms with E-state index >= 15 is 0 Å². The van der Waals surface area contributed by atoms with Crippen molar-refractivity contribution in [3.05, 3.63) is 154 Å². The Hall–Kier alpha value is -3.40. The molecule has 0 fully saturated rings. The van der Waals surface area contributed by atoms with Crippen molar-refractivity contribution >= 4 is 53.1 Å². The zero-order chi connectivity index (χ0) is 35.2. The van der Waals surface area contributed by atoms with Crippen LogP contribution in [0.15, 0.2) is 141 Å². The van der Waals surface area contributed by atoms with E-state index in [4.69, 9.17) is 0 Å². The summed E-state index contributed by atoms with van der Waals surface area (Å²) < 4.78 is 69.5. The van der Waals surface area contributed by atoms with Gasteiger partial charge in [0.1, 0.15) is 0 Å². The molecule has 1 aliphatic rings. The molecule has 0 saturated heterocycles. The van der Waals surface area contributed by atoms with Gasteiger partial charge in [-0.05, 0) is 24.6 Å². The first-order chi connectivity index (χ1) is 23.4. The van der Waals surface area contributed by atoms with Crippen molar-refractivity contribution in [3.8, 4) is 0 Å². The first kappa shape index (κ1) is 36.9. The fourth-order valence-corrected chi connectivity index (χ4v) is 9.27. The number of rotatable bonds is 12. The molecule has 0 radical (unpaired) electrons. The zero-order valence-electron chi connectivity index (χ0n) is 26.9. The van der Waals surface area contributed by atoms with Crippen molar-refractivity contribution in [2.24, 2.45) is 0 Å². The van der Waals surface area contributed by atoms with E-state index in [-0.39, 0.29) is 9.79 Å². The van der Waals surface area contributed by atoms with E-state index in [2.05, 4.69) is 91.2 Å². The molecule has 0 bridgehead atoms. The molecule has 0 unspecified atom stereocenters. The summed E-state index contributed by atoms with van der Waals surface area (Å²) in [6.07, 6.45) is 8.51. The van der Waals surface area contributed by atoms with Crippen molar-refractivity contribution in [3.63, 3.8) is 0 Å². The van der Waals surface area contributed by atoms with Crippen LogP contribution in [0.3, 0.4) is 0 Å². The molecule has 4 aromatic rings. The van der Waals surface area contributed by atoms with Gasteiger partial charge in [-0.2, -0.15) is 8.42 Å². The number of allylic oxidation sites excluding steroid dienone is 5. The van der Waals surface area contributed by atoms with E-state index in [0.29, 0.717) is 13.1 Å². The Balaban J connectivity index is 1.42. The summed E-state index contributed by atoms with van der Waals surface area (Å²) in [6.45, 7) is 6.13. The third-order valence-corrected chi connectivity index (χ3v) is 13.4. The van der Waals surface area contributed by atoms with Crippen LogP contribution in [0, 0.1) is 0 Å². The van der Waals surface area contributed by atoms with Crippen molar-refractivity contribution in [2.75, 3.05) is 18.0 Å². The number of hydrogen-bond donors (Lipinski definition) is 2. The number of hydrogen-bond acceptors (Lipinski definition) is 5. The van der Waals surface area contributed by atoms with Gasteiger partial charge in [0, 0.05) is 0 Å². The fraction of sp³-hybridized carbons (Fsp3) is 0.162. The van der Waals surface area contributed by atoms with Gasteiger partial charge in [-0.1, -0.05) is 12.1 Å². The molecule has 0 aliphatic heterocycles. The Kier molecular flexibility index (Phi) is 12.1. The van der Waals surface area contributed by atoms with E-state index < -0.39 is 41.7 Å². The van der Waals surface area contributed by atoms with Crippen LogP contribution in [0.25, 0.3) is 5.57 Å². The normalized spacial score (nSPS) is 13.2. The fourth-order valence-electron chi connectivity index (χ4n) is 5.42. The molecular weight excluding hydrogens is 839 g/mol. The SMILES string of the molecule is CCN(Cc1cccc(S(=O)(=O)O)c1)c1ccc(C(=C2C=CC(=[N+](CC)[I-]Cc3cccc(S(=O)(=O)O)c3)C=C2)c2ccc(Br)cc2)cc1. The summed E-state index contributed by atoms with van der Waals surface area (Å²) in [6, 6.07) is 29.4. The van der Waals surface area contributed by atoms with E-state index in [0.717, 1.165) is 60.2 Å². The van der Waals surface area contributed by atoms with Gasteiger partial charge < -0.3 is 0 Å². The Labute approximate surface area is 307 Å². The zero-order valence-corrected chi connectivity index (χ0v) is 32.2. The van der Waals surface area contributed by atoms with Gasteiger partial charge in [0.25, 0.3) is 10.1 Å². The summed E-state index contributed by atoms with van der Waals surface area (Å²) in [5, 5.41) is 0. The summed E-state index contributed by atoms with van der Waals surface area (Å²) >= 11 is 3.05. The Morgan fingerprint density at radius 1 is 0.735 bits per heavy atom. The van der Waals surface area contributed by atoms with Crippen LogP contribution in [0.4, 0.5) is 5.69 Å². The molecule has 0 heterocycles. The van der Waals surface area contributed by atoms with Gasteiger partial charge >= 0.3 is 245 Å². The van der Waals surface area contributed by atoms with Crippen LogP contribution < -0.4 is 26.4 Å². The maximum atomic E-state index is 11.7. The van der Waals surface area contributed by atoms with Crippen LogP contribution in [0.5, 0.6) is 0 Å². The standard InChI is InChI=1S/C37H36BrIN2O6S2/c1-3-40(26-28-8-6-10-36(24-28)49(45,46)47)33-19-13-30(14-20-33)37(29-11-17-32(38)18-12-29)31-15-21-34(22-16-31)41(4-2)39-25-27-7-5-9-35(23-27)48(42,43)44/h5-24H,3-4,25-26H2,1-2H3,(H,42,43,44)(H,45,46,47). The molecular formula is C37H36BrIN2O6S2. The molecule has 2 N–H and O–H groups in total. The minimum atomic E-state index is -4.28. The molecule has 12 heteroatoms. The monoisotopic (exact) mass is 874 g/mol. The number of benzene rings is 4. The first-order valence-electron chi connectivity index (χ1n) is 15.4. The maximum absolute atomic E-state index is 11.7. The van der Waals surface area contributed by atoms with Gasteiger partial charge in [-0.25, -0.2) is 0 Å². The van der Waals surface area contributed by atoms with Crippen molar-refractivity contribution in [1.82, 2.24) is 0 Å². The average Bonchev–Trinajstić information content (AvgIpc) is 3.09. The number of alkyl halides is 1. The molecule has 0 saturated carbocycles. The first-order valence-corrected chi connectivity index (χ1v) is 21.6. The minimum absolute atomic E-state index is 0.0849. The van der Waals surface area contributed by atoms with Crippen molar-refractivity contribution < 1.29 is 50.2 Å². The number of nitrogens with zero attached hydrogens (tertiary/aromatic N) is 2. The van der Waals surface area contributed by atoms with Crippen LogP contribution in [-0.4, -0.2) is 47.5 Å². The quantitative estimate of drug-likeness (QED) is 0.0929. The van der Waals surface area contributed by atoms with Crippen LogP contribution in [0.1, 0.15) is 36.1 Å². The molecule has 256 valence electrons. The second-order valence-electron chi connectivity index (χ2n) is 11.2. The predicted molar refractivity (Wildman–Crippen MR) is 194 cm³/mol. The molecule has 0 aromatic heterocycles. The summed E-state index contributed by atoms with van der Waals surface area (Å²) in [5.74, 6) is 0. The summed E-state index contributed by atoms with van der Waals surface area (Å²) in [5.41, 5.74) is 7.97. The van der Waals surface area contributed by atoms with E-state index in [1.165, 1.54) is 24.3 Å². The van der Waals surface area contributed by atoms with Crippen LogP contribution >= 0.6 is 15.9 Å². The van der Waals surface area contributed by atoms with Crippen LogP contribution in [0.2, 0.25) is 0 Å². The topological polar surface area (TPSA) is 115 Å². The molecule has 49 heavy (non-hydrogen) atoms. The third kappa shape index (κ3) is 9.65. The summed E-state index contributed by atoms with van der Waals surface area (Å²) in [4.78, 5) is 1.94.